The monoisotopic (exact) mass is 344 g/mol. The summed E-state index contributed by atoms with van der Waals surface area (Å²) in [4.78, 5) is 2.59. The van der Waals surface area contributed by atoms with Gasteiger partial charge in [-0.05, 0) is 42.4 Å². The second kappa shape index (κ2) is 6.57. The Hall–Kier alpha value is -0.0900. The first-order valence-electron chi connectivity index (χ1n) is 6.95. The molecule has 2 nitrogen and oxygen atoms in total. The molecule has 1 aromatic carbocycles. The molecule has 3 rings (SSSR count). The Bertz CT molecular complexity index is 409. The Labute approximate surface area is 130 Å². The minimum Gasteiger partial charge on any atom is -0.327 e. The molecule has 1 saturated carbocycles. The van der Waals surface area contributed by atoms with E-state index in [2.05, 4.69) is 45.1 Å². The molecule has 3 unspecified atom stereocenters. The molecular weight excluding hydrogens is 324 g/mol. The van der Waals surface area contributed by atoms with Crippen LogP contribution in [-0.4, -0.2) is 24.0 Å². The van der Waals surface area contributed by atoms with Crippen LogP contribution in [0.4, 0.5) is 0 Å². The van der Waals surface area contributed by atoms with Crippen molar-refractivity contribution < 1.29 is 0 Å². The summed E-state index contributed by atoms with van der Waals surface area (Å²) in [6.45, 7) is 3.52. The van der Waals surface area contributed by atoms with E-state index in [0.29, 0.717) is 6.04 Å². The average Bonchev–Trinajstić information content (AvgIpc) is 2.76. The maximum Gasteiger partial charge on any atom is 0.0233 e. The lowest BCUT2D eigenvalue weighted by Gasteiger charge is -2.29. The predicted octanol–water partition coefficient (Wildman–Crippen LogP) is 3.43. The molecule has 1 heterocycles. The van der Waals surface area contributed by atoms with Crippen LogP contribution in [0.3, 0.4) is 0 Å². The van der Waals surface area contributed by atoms with Crippen molar-refractivity contribution in [1.29, 1.82) is 0 Å². The Balaban J connectivity index is 0.00000133. The molecule has 106 valence electrons. The molecule has 2 fully saturated rings. The fraction of sp³-hybridized carbons (Fsp3) is 0.600. The maximum atomic E-state index is 6.26. The van der Waals surface area contributed by atoms with Crippen molar-refractivity contribution in [3.8, 4) is 0 Å². The number of nitrogens with zero attached hydrogens (tertiary/aromatic N) is 1. The molecule has 2 N–H and O–H groups in total. The molecule has 19 heavy (non-hydrogen) atoms. The van der Waals surface area contributed by atoms with Crippen LogP contribution in [-0.2, 0) is 6.54 Å². The largest absolute Gasteiger partial charge is 0.327 e. The van der Waals surface area contributed by atoms with Gasteiger partial charge in [-0.1, -0.05) is 34.5 Å². The second-order valence-corrected chi connectivity index (χ2v) is 6.75. The Kier molecular flexibility index (Phi) is 5.29. The quantitative estimate of drug-likeness (QED) is 0.890. The highest BCUT2D eigenvalue weighted by Crippen LogP contribution is 2.36. The van der Waals surface area contributed by atoms with E-state index in [9.17, 15) is 0 Å². The molecule has 0 spiro atoms. The van der Waals surface area contributed by atoms with E-state index in [4.69, 9.17) is 5.73 Å². The molecule has 0 bridgehead atoms. The number of nitrogens with two attached hydrogens (primary N) is 1. The van der Waals surface area contributed by atoms with Crippen molar-refractivity contribution in [2.45, 2.75) is 31.8 Å². The molecule has 0 amide bonds. The summed E-state index contributed by atoms with van der Waals surface area (Å²) < 4.78 is 1.16. The van der Waals surface area contributed by atoms with Crippen molar-refractivity contribution in [3.63, 3.8) is 0 Å². The van der Waals surface area contributed by atoms with Gasteiger partial charge in [0, 0.05) is 30.1 Å². The Morgan fingerprint density at radius 3 is 2.58 bits per heavy atom. The Morgan fingerprint density at radius 2 is 1.89 bits per heavy atom. The third-order valence-corrected chi connectivity index (χ3v) is 5.08. The predicted molar refractivity (Wildman–Crippen MR) is 85.5 cm³/mol. The number of halogens is 2. The van der Waals surface area contributed by atoms with E-state index in [1.807, 2.05) is 0 Å². The number of benzene rings is 1. The third-order valence-electron chi connectivity index (χ3n) is 4.55. The maximum absolute atomic E-state index is 6.26. The van der Waals surface area contributed by atoms with Gasteiger partial charge in [0.2, 0.25) is 0 Å². The Morgan fingerprint density at radius 1 is 1.16 bits per heavy atom. The first kappa shape index (κ1) is 15.3. The fourth-order valence-corrected chi connectivity index (χ4v) is 3.85. The van der Waals surface area contributed by atoms with E-state index in [-0.39, 0.29) is 12.4 Å². The van der Waals surface area contributed by atoms with Crippen LogP contribution < -0.4 is 5.73 Å². The normalized spacial score (nSPS) is 30.7. The van der Waals surface area contributed by atoms with Crippen LogP contribution in [0.1, 0.15) is 24.8 Å². The smallest absolute Gasteiger partial charge is 0.0233 e. The second-order valence-electron chi connectivity index (χ2n) is 5.84. The van der Waals surface area contributed by atoms with Crippen LogP contribution in [0.25, 0.3) is 0 Å². The topological polar surface area (TPSA) is 29.3 Å². The van der Waals surface area contributed by atoms with Crippen molar-refractivity contribution in [1.82, 2.24) is 4.90 Å². The van der Waals surface area contributed by atoms with Gasteiger partial charge in [-0.15, -0.1) is 12.4 Å². The van der Waals surface area contributed by atoms with Crippen molar-refractivity contribution in [3.05, 3.63) is 34.3 Å². The molecule has 1 aliphatic heterocycles. The molecule has 3 atom stereocenters. The van der Waals surface area contributed by atoms with Gasteiger partial charge in [0.1, 0.15) is 0 Å². The molecule has 0 aromatic heterocycles. The van der Waals surface area contributed by atoms with Gasteiger partial charge in [-0.2, -0.15) is 0 Å². The molecule has 0 radical (unpaired) electrons. The van der Waals surface area contributed by atoms with Crippen molar-refractivity contribution in [2.24, 2.45) is 17.6 Å². The zero-order valence-electron chi connectivity index (χ0n) is 11.1. The highest BCUT2D eigenvalue weighted by atomic mass is 79.9. The van der Waals surface area contributed by atoms with E-state index < -0.39 is 0 Å². The summed E-state index contributed by atoms with van der Waals surface area (Å²) >= 11 is 3.49. The number of hydrogen-bond donors (Lipinski definition) is 1. The lowest BCUT2D eigenvalue weighted by Crippen LogP contribution is -2.38. The van der Waals surface area contributed by atoms with E-state index >= 15 is 0 Å². The standard InChI is InChI=1S/C15H21BrN2.ClH/c16-13-6-4-11(5-7-13)8-18-9-12-2-1-3-15(17)14(12)10-18;/h4-7,12,14-15H,1-3,8-10,17H2;1H. The van der Waals surface area contributed by atoms with Crippen molar-refractivity contribution in [2.75, 3.05) is 13.1 Å². The molecule has 1 saturated heterocycles. The van der Waals surface area contributed by atoms with E-state index in [1.165, 1.54) is 37.9 Å². The minimum absolute atomic E-state index is 0. The number of rotatable bonds is 2. The summed E-state index contributed by atoms with van der Waals surface area (Å²) in [7, 11) is 0. The van der Waals surface area contributed by atoms with E-state index in [0.717, 1.165) is 22.9 Å². The summed E-state index contributed by atoms with van der Waals surface area (Å²) in [5.74, 6) is 1.60. The lowest BCUT2D eigenvalue weighted by molar-refractivity contribution is 0.259. The molecule has 1 aromatic rings. The van der Waals surface area contributed by atoms with Crippen LogP contribution in [0, 0.1) is 11.8 Å². The number of fused-ring (bicyclic) bond motifs is 1. The molecular formula is C15H22BrClN2. The zero-order valence-corrected chi connectivity index (χ0v) is 13.5. The third kappa shape index (κ3) is 3.52. The van der Waals surface area contributed by atoms with Gasteiger partial charge in [-0.3, -0.25) is 4.90 Å². The van der Waals surface area contributed by atoms with Crippen LogP contribution in [0.2, 0.25) is 0 Å². The van der Waals surface area contributed by atoms with Gasteiger partial charge in [0.25, 0.3) is 0 Å². The highest BCUT2D eigenvalue weighted by Gasteiger charge is 2.38. The lowest BCUT2D eigenvalue weighted by atomic mass is 9.78. The SMILES string of the molecule is Cl.NC1CCCC2CN(Cc3ccc(Br)cc3)CC12. The van der Waals surface area contributed by atoms with Gasteiger partial charge in [0.15, 0.2) is 0 Å². The number of hydrogen-bond acceptors (Lipinski definition) is 2. The molecule has 2 aliphatic rings. The summed E-state index contributed by atoms with van der Waals surface area (Å²) in [6, 6.07) is 9.13. The van der Waals surface area contributed by atoms with Crippen LogP contribution in [0.15, 0.2) is 28.7 Å². The zero-order chi connectivity index (χ0) is 12.5. The van der Waals surface area contributed by atoms with Gasteiger partial charge < -0.3 is 5.73 Å². The van der Waals surface area contributed by atoms with Crippen LogP contribution in [0.5, 0.6) is 0 Å². The first-order valence-corrected chi connectivity index (χ1v) is 7.74. The molecule has 4 heteroatoms. The minimum atomic E-state index is 0. The average molecular weight is 346 g/mol. The fourth-order valence-electron chi connectivity index (χ4n) is 3.59. The van der Waals surface area contributed by atoms with Gasteiger partial charge >= 0.3 is 0 Å². The van der Waals surface area contributed by atoms with Gasteiger partial charge in [0.05, 0.1) is 0 Å². The van der Waals surface area contributed by atoms with Crippen molar-refractivity contribution >= 4 is 28.3 Å². The summed E-state index contributed by atoms with van der Waals surface area (Å²) in [6.07, 6.45) is 3.94. The molecule has 1 aliphatic carbocycles. The first-order chi connectivity index (χ1) is 8.72. The number of likely N-dealkylation sites (tertiary alicyclic amines) is 1. The van der Waals surface area contributed by atoms with Crippen LogP contribution >= 0.6 is 28.3 Å². The summed E-state index contributed by atoms with van der Waals surface area (Å²) in [5.41, 5.74) is 7.67. The van der Waals surface area contributed by atoms with E-state index in [1.54, 1.807) is 0 Å². The van der Waals surface area contributed by atoms with Gasteiger partial charge in [-0.25, -0.2) is 0 Å². The highest BCUT2D eigenvalue weighted by molar-refractivity contribution is 9.10. The summed E-state index contributed by atoms with van der Waals surface area (Å²) in [5, 5.41) is 0.